The Morgan fingerprint density at radius 3 is 2.08 bits per heavy atom. The van der Waals surface area contributed by atoms with Crippen molar-refractivity contribution in [2.75, 3.05) is 0 Å². The highest BCUT2D eigenvalue weighted by molar-refractivity contribution is 7.80. The van der Waals surface area contributed by atoms with Crippen molar-refractivity contribution in [3.63, 3.8) is 0 Å². The van der Waals surface area contributed by atoms with Gasteiger partial charge in [-0.15, -0.1) is 0 Å². The standard InChI is InChI=1S/C11H24S/c1-3-5-6-7-8-10-11(12)9-4-2/h11-12H,3-10H2,1-2H3. The molecule has 0 amide bonds. The van der Waals surface area contributed by atoms with Crippen LogP contribution < -0.4 is 0 Å². The van der Waals surface area contributed by atoms with Gasteiger partial charge in [0.15, 0.2) is 0 Å². The van der Waals surface area contributed by atoms with Gasteiger partial charge in [-0.1, -0.05) is 52.4 Å². The molecular formula is C11H24S. The molecule has 1 unspecified atom stereocenters. The fraction of sp³-hybridized carbons (Fsp3) is 1.00. The molecule has 0 N–H and O–H groups in total. The van der Waals surface area contributed by atoms with Crippen molar-refractivity contribution in [2.24, 2.45) is 0 Å². The van der Waals surface area contributed by atoms with Gasteiger partial charge in [-0.2, -0.15) is 12.6 Å². The van der Waals surface area contributed by atoms with E-state index in [1.807, 2.05) is 0 Å². The van der Waals surface area contributed by atoms with Crippen LogP contribution in [0.2, 0.25) is 0 Å². The van der Waals surface area contributed by atoms with Crippen LogP contribution in [-0.2, 0) is 0 Å². The maximum atomic E-state index is 4.54. The molecule has 0 aromatic rings. The molecule has 0 rings (SSSR count). The zero-order chi connectivity index (χ0) is 9.23. The Hall–Kier alpha value is 0.350. The molecule has 0 saturated heterocycles. The van der Waals surface area contributed by atoms with E-state index in [0.717, 1.165) is 0 Å². The summed E-state index contributed by atoms with van der Waals surface area (Å²) in [5.74, 6) is 0. The van der Waals surface area contributed by atoms with E-state index in [9.17, 15) is 0 Å². The highest BCUT2D eigenvalue weighted by atomic mass is 32.1. The summed E-state index contributed by atoms with van der Waals surface area (Å²) in [5.41, 5.74) is 0. The van der Waals surface area contributed by atoms with Gasteiger partial charge in [-0.3, -0.25) is 0 Å². The van der Waals surface area contributed by atoms with Crippen LogP contribution in [0.5, 0.6) is 0 Å². The zero-order valence-corrected chi connectivity index (χ0v) is 9.58. The molecule has 1 atom stereocenters. The van der Waals surface area contributed by atoms with E-state index in [1.165, 1.54) is 51.4 Å². The van der Waals surface area contributed by atoms with Crippen LogP contribution in [0, 0.1) is 0 Å². The van der Waals surface area contributed by atoms with E-state index in [2.05, 4.69) is 26.5 Å². The average molecular weight is 188 g/mol. The van der Waals surface area contributed by atoms with Crippen LogP contribution >= 0.6 is 12.6 Å². The van der Waals surface area contributed by atoms with E-state index >= 15 is 0 Å². The van der Waals surface area contributed by atoms with Crippen LogP contribution in [0.3, 0.4) is 0 Å². The average Bonchev–Trinajstić information content (AvgIpc) is 2.05. The lowest BCUT2D eigenvalue weighted by Crippen LogP contribution is -1.97. The molecule has 12 heavy (non-hydrogen) atoms. The Kier molecular flexibility index (Phi) is 9.71. The number of hydrogen-bond acceptors (Lipinski definition) is 1. The van der Waals surface area contributed by atoms with Crippen molar-refractivity contribution in [3.05, 3.63) is 0 Å². The summed E-state index contributed by atoms with van der Waals surface area (Å²) in [6.07, 6.45) is 10.9. The van der Waals surface area contributed by atoms with Crippen molar-refractivity contribution < 1.29 is 0 Å². The molecule has 0 spiro atoms. The van der Waals surface area contributed by atoms with Gasteiger partial charge in [0.25, 0.3) is 0 Å². The maximum absolute atomic E-state index is 4.54. The molecule has 0 radical (unpaired) electrons. The second kappa shape index (κ2) is 9.44. The Labute approximate surface area is 83.5 Å². The molecule has 0 aliphatic heterocycles. The first-order valence-corrected chi connectivity index (χ1v) is 6.01. The number of rotatable bonds is 8. The molecule has 0 aliphatic rings. The number of hydrogen-bond donors (Lipinski definition) is 1. The van der Waals surface area contributed by atoms with Crippen LogP contribution in [0.15, 0.2) is 0 Å². The second-order valence-electron chi connectivity index (χ2n) is 3.65. The minimum atomic E-state index is 0.664. The molecule has 1 heteroatoms. The predicted molar refractivity (Wildman–Crippen MR) is 61.1 cm³/mol. The normalized spacial score (nSPS) is 13.2. The predicted octanol–water partition coefficient (Wildman–Crippen LogP) is 4.45. The fourth-order valence-corrected chi connectivity index (χ4v) is 1.90. The Balaban J connectivity index is 2.97. The van der Waals surface area contributed by atoms with Crippen molar-refractivity contribution in [1.82, 2.24) is 0 Å². The largest absolute Gasteiger partial charge is 0.176 e. The van der Waals surface area contributed by atoms with E-state index in [0.29, 0.717) is 5.25 Å². The lowest BCUT2D eigenvalue weighted by molar-refractivity contribution is 0.582. The van der Waals surface area contributed by atoms with Crippen LogP contribution in [0.25, 0.3) is 0 Å². The van der Waals surface area contributed by atoms with Crippen molar-refractivity contribution >= 4 is 12.6 Å². The van der Waals surface area contributed by atoms with Gasteiger partial charge in [0.2, 0.25) is 0 Å². The first kappa shape index (κ1) is 12.3. The monoisotopic (exact) mass is 188 g/mol. The van der Waals surface area contributed by atoms with Gasteiger partial charge in [0.1, 0.15) is 0 Å². The van der Waals surface area contributed by atoms with Gasteiger partial charge in [-0.05, 0) is 12.8 Å². The highest BCUT2D eigenvalue weighted by Crippen LogP contribution is 2.14. The summed E-state index contributed by atoms with van der Waals surface area (Å²) < 4.78 is 0. The summed E-state index contributed by atoms with van der Waals surface area (Å²) in [6, 6.07) is 0. The first-order chi connectivity index (χ1) is 5.81. The van der Waals surface area contributed by atoms with Crippen molar-refractivity contribution in [3.8, 4) is 0 Å². The minimum absolute atomic E-state index is 0.664. The SMILES string of the molecule is CCCCCCCC(S)CCC. The maximum Gasteiger partial charge on any atom is 0.00167 e. The van der Waals surface area contributed by atoms with Crippen molar-refractivity contribution in [1.29, 1.82) is 0 Å². The first-order valence-electron chi connectivity index (χ1n) is 5.49. The second-order valence-corrected chi connectivity index (χ2v) is 4.38. The van der Waals surface area contributed by atoms with Gasteiger partial charge < -0.3 is 0 Å². The lowest BCUT2D eigenvalue weighted by Gasteiger charge is -2.07. The number of thiol groups is 1. The smallest absolute Gasteiger partial charge is 0.00167 e. The Morgan fingerprint density at radius 2 is 1.50 bits per heavy atom. The van der Waals surface area contributed by atoms with E-state index < -0.39 is 0 Å². The zero-order valence-electron chi connectivity index (χ0n) is 8.68. The molecule has 0 aromatic heterocycles. The van der Waals surface area contributed by atoms with Crippen LogP contribution in [-0.4, -0.2) is 5.25 Å². The topological polar surface area (TPSA) is 0 Å². The summed E-state index contributed by atoms with van der Waals surface area (Å²) in [5, 5.41) is 0.664. The molecule has 0 nitrogen and oxygen atoms in total. The third-order valence-electron chi connectivity index (χ3n) is 2.26. The molecule has 0 bridgehead atoms. The molecule has 0 saturated carbocycles. The van der Waals surface area contributed by atoms with Crippen LogP contribution in [0.1, 0.15) is 65.2 Å². The van der Waals surface area contributed by atoms with E-state index in [4.69, 9.17) is 0 Å². The molecule has 74 valence electrons. The lowest BCUT2D eigenvalue weighted by atomic mass is 10.1. The summed E-state index contributed by atoms with van der Waals surface area (Å²) in [6.45, 7) is 4.50. The van der Waals surface area contributed by atoms with E-state index in [-0.39, 0.29) is 0 Å². The molecule has 0 aromatic carbocycles. The summed E-state index contributed by atoms with van der Waals surface area (Å²) >= 11 is 4.54. The van der Waals surface area contributed by atoms with Gasteiger partial charge in [0.05, 0.1) is 0 Å². The minimum Gasteiger partial charge on any atom is -0.176 e. The van der Waals surface area contributed by atoms with Gasteiger partial charge in [-0.25, -0.2) is 0 Å². The molecule has 0 heterocycles. The third-order valence-corrected chi connectivity index (χ3v) is 2.78. The fourth-order valence-electron chi connectivity index (χ4n) is 1.46. The quantitative estimate of drug-likeness (QED) is 0.422. The third kappa shape index (κ3) is 8.45. The molecular weight excluding hydrogens is 164 g/mol. The Bertz CT molecular complexity index is 81.1. The number of unbranched alkanes of at least 4 members (excludes halogenated alkanes) is 4. The van der Waals surface area contributed by atoms with Gasteiger partial charge in [0, 0.05) is 5.25 Å². The van der Waals surface area contributed by atoms with Gasteiger partial charge >= 0.3 is 0 Å². The summed E-state index contributed by atoms with van der Waals surface area (Å²) in [7, 11) is 0. The molecule has 0 aliphatic carbocycles. The van der Waals surface area contributed by atoms with E-state index in [1.54, 1.807) is 0 Å². The summed E-state index contributed by atoms with van der Waals surface area (Å²) in [4.78, 5) is 0. The van der Waals surface area contributed by atoms with Crippen molar-refractivity contribution in [2.45, 2.75) is 70.5 Å². The van der Waals surface area contributed by atoms with Crippen LogP contribution in [0.4, 0.5) is 0 Å². The molecule has 0 fully saturated rings. The Morgan fingerprint density at radius 1 is 0.833 bits per heavy atom. The highest BCUT2D eigenvalue weighted by Gasteiger charge is 2.00.